The summed E-state index contributed by atoms with van der Waals surface area (Å²) in [4.78, 5) is 52.9. The fourth-order valence-corrected chi connectivity index (χ4v) is 5.96. The van der Waals surface area contributed by atoms with Gasteiger partial charge in [0.1, 0.15) is 5.82 Å². The van der Waals surface area contributed by atoms with Crippen molar-refractivity contribution in [2.45, 2.75) is 25.8 Å². The van der Waals surface area contributed by atoms with Crippen LogP contribution < -0.4 is 21.1 Å². The van der Waals surface area contributed by atoms with Gasteiger partial charge in [0, 0.05) is 59.7 Å². The maximum absolute atomic E-state index is 13.5. The lowest BCUT2D eigenvalue weighted by Crippen LogP contribution is -2.47. The summed E-state index contributed by atoms with van der Waals surface area (Å²) in [5.74, 6) is -1.00. The molecule has 1 saturated heterocycles. The van der Waals surface area contributed by atoms with Gasteiger partial charge in [0.2, 0.25) is 0 Å². The minimum Gasteiger partial charge on any atom is -0.369 e. The molecule has 0 radical (unpaired) electrons. The van der Waals surface area contributed by atoms with Gasteiger partial charge < -0.3 is 20.1 Å². The van der Waals surface area contributed by atoms with E-state index in [0.717, 1.165) is 17.8 Å². The van der Waals surface area contributed by atoms with Crippen LogP contribution in [0.1, 0.15) is 56.0 Å². The molecular weight excluding hydrogens is 535 g/mol. The van der Waals surface area contributed by atoms with Crippen LogP contribution in [0.5, 0.6) is 0 Å². The van der Waals surface area contributed by atoms with Crippen LogP contribution in [0.15, 0.2) is 89.7 Å². The lowest BCUT2D eigenvalue weighted by molar-refractivity contribution is 0.101. The molecule has 1 fully saturated rings. The van der Waals surface area contributed by atoms with Crippen LogP contribution in [0, 0.1) is 11.7 Å². The molecule has 0 saturated carbocycles. The van der Waals surface area contributed by atoms with Crippen LogP contribution in [-0.2, 0) is 6.54 Å². The van der Waals surface area contributed by atoms with E-state index in [9.17, 15) is 23.6 Å². The Kier molecular flexibility index (Phi) is 7.16. The average Bonchev–Trinajstić information content (AvgIpc) is 2.98. The number of pyridine rings is 1. The monoisotopic (exact) mass is 564 g/mol. The van der Waals surface area contributed by atoms with E-state index in [2.05, 4.69) is 15.5 Å². The molecule has 212 valence electrons. The van der Waals surface area contributed by atoms with Crippen LogP contribution >= 0.6 is 0 Å². The van der Waals surface area contributed by atoms with Crippen LogP contribution in [0.25, 0.3) is 0 Å². The van der Waals surface area contributed by atoms with E-state index in [0.29, 0.717) is 42.1 Å². The Bertz CT molecular complexity index is 1760. The largest absolute Gasteiger partial charge is 0.369 e. The predicted octanol–water partition coefficient (Wildman–Crippen LogP) is 5.32. The van der Waals surface area contributed by atoms with E-state index >= 15 is 0 Å². The number of benzene rings is 3. The van der Waals surface area contributed by atoms with Gasteiger partial charge in [-0.25, -0.2) is 4.39 Å². The summed E-state index contributed by atoms with van der Waals surface area (Å²) in [5.41, 5.74) is 3.76. The van der Waals surface area contributed by atoms with Gasteiger partial charge in [-0.3, -0.25) is 19.2 Å². The number of aromatic nitrogens is 1. The smallest absolute Gasteiger partial charge is 0.255 e. The number of hydrogen-bond donors (Lipinski definition) is 2. The Morgan fingerprint density at radius 3 is 2.31 bits per heavy atom. The van der Waals surface area contributed by atoms with Crippen LogP contribution in [0.3, 0.4) is 0 Å². The Balaban J connectivity index is 1.32. The van der Waals surface area contributed by atoms with Crippen LogP contribution in [-0.4, -0.2) is 35.3 Å². The summed E-state index contributed by atoms with van der Waals surface area (Å²) in [7, 11) is 0. The van der Waals surface area contributed by atoms with Gasteiger partial charge in [-0.2, -0.15) is 0 Å². The summed E-state index contributed by atoms with van der Waals surface area (Å²) < 4.78 is 15.4. The second kappa shape index (κ2) is 11.1. The van der Waals surface area contributed by atoms with E-state index in [1.165, 1.54) is 31.2 Å². The Labute approximate surface area is 241 Å². The highest BCUT2D eigenvalue weighted by Gasteiger charge is 2.35. The van der Waals surface area contributed by atoms with E-state index in [1.807, 2.05) is 16.7 Å². The van der Waals surface area contributed by atoms with Gasteiger partial charge >= 0.3 is 0 Å². The summed E-state index contributed by atoms with van der Waals surface area (Å²) >= 11 is 0. The number of halogens is 1. The van der Waals surface area contributed by atoms with Crippen molar-refractivity contribution in [2.24, 2.45) is 5.92 Å². The number of amides is 2. The van der Waals surface area contributed by atoms with Crippen molar-refractivity contribution in [2.75, 3.05) is 28.6 Å². The van der Waals surface area contributed by atoms with Gasteiger partial charge in [0.05, 0.1) is 11.4 Å². The second-order valence-electron chi connectivity index (χ2n) is 10.9. The number of Topliss-reactive ketones (excluding diaryl/α,β-unsaturated/α-hetero) is 1. The van der Waals surface area contributed by atoms with Crippen LogP contribution in [0.2, 0.25) is 0 Å². The van der Waals surface area contributed by atoms with E-state index in [4.69, 9.17) is 0 Å². The third kappa shape index (κ3) is 5.45. The first-order chi connectivity index (χ1) is 20.2. The first-order valence-electron chi connectivity index (χ1n) is 13.8. The molecular formula is C33H29FN4O4. The zero-order valence-electron chi connectivity index (χ0n) is 23.0. The number of hydrogen-bond acceptors (Lipinski definition) is 5. The second-order valence-corrected chi connectivity index (χ2v) is 10.9. The number of piperidine rings is 1. The summed E-state index contributed by atoms with van der Waals surface area (Å²) in [6.07, 6.45) is 0.969. The Morgan fingerprint density at radius 1 is 0.786 bits per heavy atom. The molecule has 0 spiro atoms. The highest BCUT2D eigenvalue weighted by Crippen LogP contribution is 2.39. The van der Waals surface area contributed by atoms with Gasteiger partial charge in [-0.05, 0) is 79.9 Å². The number of nitrogens with one attached hydrogen (secondary N) is 2. The summed E-state index contributed by atoms with van der Waals surface area (Å²) in [6.45, 7) is 3.41. The molecule has 8 nitrogen and oxygen atoms in total. The number of rotatable bonds is 6. The molecule has 3 aromatic carbocycles. The Morgan fingerprint density at radius 2 is 1.52 bits per heavy atom. The van der Waals surface area contributed by atoms with Crippen molar-refractivity contribution in [3.05, 3.63) is 123 Å². The number of anilines is 3. The fourth-order valence-electron chi connectivity index (χ4n) is 5.96. The van der Waals surface area contributed by atoms with Crippen molar-refractivity contribution in [3.8, 4) is 0 Å². The van der Waals surface area contributed by atoms with Crippen molar-refractivity contribution in [1.29, 1.82) is 0 Å². The van der Waals surface area contributed by atoms with Gasteiger partial charge in [0.15, 0.2) is 5.78 Å². The maximum Gasteiger partial charge on any atom is 0.255 e. The minimum atomic E-state index is -0.445. The number of fused-ring (bicyclic) bond motifs is 4. The molecule has 2 amide bonds. The first kappa shape index (κ1) is 27.1. The summed E-state index contributed by atoms with van der Waals surface area (Å²) in [5, 5.41) is 5.77. The quantitative estimate of drug-likeness (QED) is 0.309. The molecule has 2 bridgehead atoms. The normalized spacial score (nSPS) is 17.2. The molecule has 2 unspecified atom stereocenters. The molecule has 2 aliphatic rings. The lowest BCUT2D eigenvalue weighted by Gasteiger charge is -2.44. The van der Waals surface area contributed by atoms with E-state index in [1.54, 1.807) is 48.5 Å². The van der Waals surface area contributed by atoms with Gasteiger partial charge in [-0.1, -0.05) is 18.2 Å². The summed E-state index contributed by atoms with van der Waals surface area (Å²) in [6, 6.07) is 22.5. The molecule has 2 N–H and O–H groups in total. The Hall–Kier alpha value is -5.05. The van der Waals surface area contributed by atoms with Crippen molar-refractivity contribution >= 4 is 34.7 Å². The number of carbonyl (C=O) groups excluding carboxylic acids is 3. The molecule has 9 heteroatoms. The SMILES string of the molecule is CC(=O)c1cccc(NC(=O)c2ccc(N3CC4CC(C3)c3cccc(=O)n3C4)c(NC(=O)c3ccc(F)cc3)c2)c1. The number of carbonyl (C=O) groups is 3. The number of nitrogens with zero attached hydrogens (tertiary/aromatic N) is 2. The standard InChI is InChI=1S/C33H29FN4O4/c1-20(39)23-4-2-5-27(15-23)35-33(42)24-10-13-30(28(16-24)36-32(41)22-8-11-26(34)12-9-22)37-17-21-14-25(19-37)29-6-3-7-31(40)38(29)18-21/h2-13,15-16,21,25H,14,17-19H2,1H3,(H,35,42)(H,36,41). The molecule has 1 aromatic heterocycles. The fraction of sp³-hybridized carbons (Fsp3) is 0.212. The average molecular weight is 565 g/mol. The molecule has 0 aliphatic carbocycles. The molecule has 2 atom stereocenters. The zero-order chi connectivity index (χ0) is 29.4. The van der Waals surface area contributed by atoms with E-state index < -0.39 is 17.6 Å². The lowest BCUT2D eigenvalue weighted by atomic mass is 9.83. The van der Waals surface area contributed by atoms with Gasteiger partial charge in [-0.15, -0.1) is 0 Å². The predicted molar refractivity (Wildman–Crippen MR) is 159 cm³/mol. The topological polar surface area (TPSA) is 101 Å². The molecule has 2 aliphatic heterocycles. The number of ketones is 1. The van der Waals surface area contributed by atoms with Crippen LogP contribution in [0.4, 0.5) is 21.5 Å². The molecule has 3 heterocycles. The molecule has 42 heavy (non-hydrogen) atoms. The highest BCUT2D eigenvalue weighted by molar-refractivity contribution is 6.09. The molecule has 6 rings (SSSR count). The third-order valence-corrected chi connectivity index (χ3v) is 7.96. The third-order valence-electron chi connectivity index (χ3n) is 7.96. The maximum atomic E-state index is 13.5. The zero-order valence-corrected chi connectivity index (χ0v) is 23.0. The first-order valence-corrected chi connectivity index (χ1v) is 13.8. The van der Waals surface area contributed by atoms with Crippen molar-refractivity contribution in [3.63, 3.8) is 0 Å². The van der Waals surface area contributed by atoms with Crippen molar-refractivity contribution < 1.29 is 18.8 Å². The van der Waals surface area contributed by atoms with Crippen molar-refractivity contribution in [1.82, 2.24) is 4.57 Å². The molecule has 4 aromatic rings. The van der Waals surface area contributed by atoms with E-state index in [-0.39, 0.29) is 28.7 Å². The minimum absolute atomic E-state index is 0.00658. The van der Waals surface area contributed by atoms with Gasteiger partial charge in [0.25, 0.3) is 17.4 Å². The highest BCUT2D eigenvalue weighted by atomic mass is 19.1.